The average Bonchev–Trinajstić information content (AvgIpc) is 2.50. The van der Waals surface area contributed by atoms with Gasteiger partial charge in [0.25, 0.3) is 0 Å². The van der Waals surface area contributed by atoms with E-state index in [9.17, 15) is 4.79 Å². The van der Waals surface area contributed by atoms with E-state index in [1.807, 2.05) is 61.5 Å². The topological polar surface area (TPSA) is 38.7 Å². The van der Waals surface area contributed by atoms with Crippen molar-refractivity contribution in [3.05, 3.63) is 65.7 Å². The number of hydrogen-bond donors (Lipinski definition) is 0. The van der Waals surface area contributed by atoms with Gasteiger partial charge in [0, 0.05) is 5.87 Å². The van der Waals surface area contributed by atoms with Crippen LogP contribution in [0.5, 0.6) is 0 Å². The Morgan fingerprint density at radius 1 is 1.05 bits per heavy atom. The van der Waals surface area contributed by atoms with E-state index in [0.717, 1.165) is 16.8 Å². The lowest BCUT2D eigenvalue weighted by molar-refractivity contribution is -0.133. The van der Waals surface area contributed by atoms with E-state index in [-0.39, 0.29) is 0 Å². The normalized spacial score (nSPS) is 9.50. The highest BCUT2D eigenvalue weighted by Gasteiger charge is 2.11. The van der Waals surface area contributed by atoms with Crippen LogP contribution in [0, 0.1) is 6.92 Å². The van der Waals surface area contributed by atoms with Crippen molar-refractivity contribution in [1.29, 1.82) is 0 Å². The number of esters is 1. The molecule has 0 aromatic heterocycles. The summed E-state index contributed by atoms with van der Waals surface area (Å²) in [5.74, 6) is 2.34. The fourth-order valence-corrected chi connectivity index (χ4v) is 1.67. The molecule has 3 nitrogen and oxygen atoms in total. The van der Waals surface area contributed by atoms with Gasteiger partial charge >= 0.3 is 5.97 Å². The largest absolute Gasteiger partial charge is 0.465 e. The molecule has 2 rings (SSSR count). The summed E-state index contributed by atoms with van der Waals surface area (Å²) in [6.45, 7) is 2.01. The first-order valence-corrected chi connectivity index (χ1v) is 6.25. The first kappa shape index (κ1) is 13.8. The van der Waals surface area contributed by atoms with E-state index in [1.54, 1.807) is 0 Å². The van der Waals surface area contributed by atoms with Crippen molar-refractivity contribution >= 4 is 23.1 Å². The summed E-state index contributed by atoms with van der Waals surface area (Å²) in [5.41, 5.74) is 2.95. The van der Waals surface area contributed by atoms with E-state index < -0.39 is 5.97 Å². The summed E-state index contributed by atoms with van der Waals surface area (Å²) in [6, 6.07) is 16.9. The van der Waals surface area contributed by atoms with Crippen molar-refractivity contribution in [3.8, 4) is 0 Å². The van der Waals surface area contributed by atoms with Crippen molar-refractivity contribution in [2.24, 2.45) is 4.99 Å². The summed E-state index contributed by atoms with van der Waals surface area (Å²) in [7, 11) is 1.35. The van der Waals surface area contributed by atoms with E-state index >= 15 is 0 Å². The Morgan fingerprint density at radius 3 is 2.30 bits per heavy atom. The molecule has 20 heavy (non-hydrogen) atoms. The maximum atomic E-state index is 11.8. The van der Waals surface area contributed by atoms with Gasteiger partial charge in [-0.15, -0.1) is 0 Å². The molecule has 0 saturated heterocycles. The molecule has 0 aliphatic carbocycles. The molecule has 0 aliphatic rings. The lowest BCUT2D eigenvalue weighted by atomic mass is 10.1. The second-order valence-corrected chi connectivity index (χ2v) is 4.29. The van der Waals surface area contributed by atoms with Gasteiger partial charge in [-0.1, -0.05) is 48.0 Å². The van der Waals surface area contributed by atoms with Crippen LogP contribution in [0.1, 0.15) is 11.1 Å². The monoisotopic (exact) mass is 265 g/mol. The molecule has 0 radical (unpaired) electrons. The van der Waals surface area contributed by atoms with Crippen molar-refractivity contribution in [1.82, 2.24) is 0 Å². The first-order chi connectivity index (χ1) is 9.70. The standard InChI is InChI=1S/C17H15NO2/c1-13-8-10-15(11-9-13)18-12-16(17(19)20-2)14-6-4-3-5-7-14/h3-11H,1-2H3. The third kappa shape index (κ3) is 3.44. The smallest absolute Gasteiger partial charge is 0.348 e. The van der Waals surface area contributed by atoms with Gasteiger partial charge in [0.15, 0.2) is 0 Å². The van der Waals surface area contributed by atoms with Crippen LogP contribution < -0.4 is 0 Å². The Balaban J connectivity index is 2.43. The third-order valence-corrected chi connectivity index (χ3v) is 2.78. The molecule has 0 saturated carbocycles. The summed E-state index contributed by atoms with van der Waals surface area (Å²) in [6.07, 6.45) is 0. The van der Waals surface area contributed by atoms with Gasteiger partial charge in [0.05, 0.1) is 12.8 Å². The van der Waals surface area contributed by atoms with Crippen LogP contribution in [0.3, 0.4) is 0 Å². The quantitative estimate of drug-likeness (QED) is 0.483. The number of aliphatic imine (C=N–C) groups is 1. The fourth-order valence-electron chi connectivity index (χ4n) is 1.67. The van der Waals surface area contributed by atoms with Gasteiger partial charge in [-0.2, -0.15) is 0 Å². The summed E-state index contributed by atoms with van der Waals surface area (Å²) in [4.78, 5) is 16.0. The zero-order valence-corrected chi connectivity index (χ0v) is 11.5. The number of hydrogen-bond acceptors (Lipinski definition) is 3. The maximum Gasteiger partial charge on any atom is 0.348 e. The van der Waals surface area contributed by atoms with Gasteiger partial charge in [-0.25, -0.2) is 9.79 Å². The molecular formula is C17H15NO2. The van der Waals surface area contributed by atoms with Gasteiger partial charge in [0.2, 0.25) is 0 Å². The highest BCUT2D eigenvalue weighted by Crippen LogP contribution is 2.15. The van der Waals surface area contributed by atoms with E-state index in [4.69, 9.17) is 4.74 Å². The number of rotatable bonds is 3. The molecule has 0 aliphatic heterocycles. The van der Waals surface area contributed by atoms with Crippen LogP contribution in [-0.2, 0) is 9.53 Å². The maximum absolute atomic E-state index is 11.8. The number of methoxy groups -OCH3 is 1. The molecule has 2 aromatic carbocycles. The van der Waals surface area contributed by atoms with Gasteiger partial charge in [-0.3, -0.25) is 0 Å². The minimum absolute atomic E-state index is 0.314. The first-order valence-electron chi connectivity index (χ1n) is 6.25. The van der Waals surface area contributed by atoms with Crippen LogP contribution in [0.2, 0.25) is 0 Å². The van der Waals surface area contributed by atoms with Crippen LogP contribution in [0.15, 0.2) is 59.6 Å². The molecule has 3 heteroatoms. The van der Waals surface area contributed by atoms with Gasteiger partial charge in [-0.05, 0) is 24.6 Å². The Labute approximate surface area is 118 Å². The highest BCUT2D eigenvalue weighted by atomic mass is 16.5. The Morgan fingerprint density at radius 2 is 1.70 bits per heavy atom. The van der Waals surface area contributed by atoms with Gasteiger partial charge in [0.1, 0.15) is 5.57 Å². The highest BCUT2D eigenvalue weighted by molar-refractivity contribution is 6.26. The number of aryl methyl sites for hydroxylation is 1. The third-order valence-electron chi connectivity index (χ3n) is 2.78. The van der Waals surface area contributed by atoms with Crippen LogP contribution in [-0.4, -0.2) is 18.9 Å². The Bertz CT molecular complexity index is 651. The lowest BCUT2D eigenvalue weighted by Crippen LogP contribution is -2.04. The van der Waals surface area contributed by atoms with Crippen LogP contribution >= 0.6 is 0 Å². The average molecular weight is 265 g/mol. The summed E-state index contributed by atoms with van der Waals surface area (Å²) >= 11 is 0. The second-order valence-electron chi connectivity index (χ2n) is 4.29. The molecular weight excluding hydrogens is 250 g/mol. The van der Waals surface area contributed by atoms with Crippen molar-refractivity contribution in [3.63, 3.8) is 0 Å². The molecule has 2 aromatic rings. The predicted molar refractivity (Wildman–Crippen MR) is 80.1 cm³/mol. The Hall–Kier alpha value is -2.64. The molecule has 0 fully saturated rings. The minimum Gasteiger partial charge on any atom is -0.465 e. The molecule has 0 amide bonds. The predicted octanol–water partition coefficient (Wildman–Crippen LogP) is 3.55. The number of benzene rings is 2. The van der Waals surface area contributed by atoms with Crippen molar-refractivity contribution < 1.29 is 9.53 Å². The van der Waals surface area contributed by atoms with E-state index in [0.29, 0.717) is 5.57 Å². The van der Waals surface area contributed by atoms with Crippen molar-refractivity contribution in [2.45, 2.75) is 6.92 Å². The van der Waals surface area contributed by atoms with E-state index in [1.165, 1.54) is 7.11 Å². The summed E-state index contributed by atoms with van der Waals surface area (Å²) in [5, 5.41) is 0. The SMILES string of the molecule is COC(=O)C(=C=Nc1ccc(C)cc1)c1ccccc1. The zero-order valence-electron chi connectivity index (χ0n) is 11.5. The second kappa shape index (κ2) is 6.50. The number of nitrogens with zero attached hydrogens (tertiary/aromatic N) is 1. The molecule has 0 bridgehead atoms. The number of carbonyl (C=O) groups excluding carboxylic acids is 1. The van der Waals surface area contributed by atoms with Crippen molar-refractivity contribution in [2.75, 3.05) is 7.11 Å². The fraction of sp³-hybridized carbons (Fsp3) is 0.118. The number of ether oxygens (including phenoxy) is 1. The summed E-state index contributed by atoms with van der Waals surface area (Å²) < 4.78 is 4.78. The molecule has 0 N–H and O–H groups in total. The Kier molecular flexibility index (Phi) is 4.48. The molecule has 0 atom stereocenters. The number of carbonyl (C=O) groups is 1. The molecule has 0 unspecified atom stereocenters. The molecule has 0 spiro atoms. The van der Waals surface area contributed by atoms with Gasteiger partial charge < -0.3 is 4.74 Å². The van der Waals surface area contributed by atoms with Crippen LogP contribution in [0.4, 0.5) is 5.69 Å². The zero-order chi connectivity index (χ0) is 14.4. The minimum atomic E-state index is -0.452. The lowest BCUT2D eigenvalue weighted by Gasteiger charge is -2.01. The van der Waals surface area contributed by atoms with Crippen LogP contribution in [0.25, 0.3) is 5.57 Å². The molecule has 0 heterocycles. The van der Waals surface area contributed by atoms with E-state index in [2.05, 4.69) is 10.9 Å². The molecule has 100 valence electrons.